The molecular weight excluding hydrogens is 388 g/mol. The fraction of sp³-hybridized carbons (Fsp3) is 0.150. The van der Waals surface area contributed by atoms with E-state index in [1.54, 1.807) is 18.6 Å². The molecule has 2 amide bonds. The molecule has 0 atom stereocenters. The largest absolute Gasteiger partial charge is 0.388 e. The van der Waals surface area contributed by atoms with Gasteiger partial charge in [-0.3, -0.25) is 10.3 Å². The minimum atomic E-state index is -0.292. The van der Waals surface area contributed by atoms with Gasteiger partial charge in [-0.1, -0.05) is 17.4 Å². The third-order valence-corrected chi connectivity index (χ3v) is 5.19. The van der Waals surface area contributed by atoms with Crippen LogP contribution in [0.3, 0.4) is 0 Å². The van der Waals surface area contributed by atoms with E-state index in [1.807, 2.05) is 37.3 Å². The number of amides is 2. The summed E-state index contributed by atoms with van der Waals surface area (Å²) >= 11 is 1.40. The predicted octanol–water partition coefficient (Wildman–Crippen LogP) is 3.45. The molecule has 0 radical (unpaired) electrons. The standard InChI is InChI=1S/C20H18N6O2S/c1-2-21-19(28)26-20-25-16-8-12(13-9-23-17(11-27)24-10-13)7-14(18(16)29-20)15-5-3-4-6-22-15/h3-10,27H,2,11H2,1H3,(H2,21,25,26,28). The van der Waals surface area contributed by atoms with E-state index >= 15 is 0 Å². The molecule has 3 heterocycles. The van der Waals surface area contributed by atoms with Gasteiger partial charge in [-0.25, -0.2) is 19.7 Å². The van der Waals surface area contributed by atoms with Crippen LogP contribution in [0.2, 0.25) is 0 Å². The molecule has 0 saturated heterocycles. The summed E-state index contributed by atoms with van der Waals surface area (Å²) in [6.07, 6.45) is 5.08. The summed E-state index contributed by atoms with van der Waals surface area (Å²) < 4.78 is 0.923. The average molecular weight is 406 g/mol. The molecule has 1 aromatic carbocycles. The molecular formula is C20H18N6O2S. The number of benzene rings is 1. The van der Waals surface area contributed by atoms with E-state index in [0.29, 0.717) is 17.5 Å². The van der Waals surface area contributed by atoms with Crippen molar-refractivity contribution in [1.82, 2.24) is 25.3 Å². The zero-order chi connectivity index (χ0) is 20.2. The van der Waals surface area contributed by atoms with Crippen molar-refractivity contribution in [3.05, 3.63) is 54.7 Å². The second-order valence-corrected chi connectivity index (χ2v) is 7.14. The first-order valence-electron chi connectivity index (χ1n) is 9.01. The number of aromatic nitrogens is 4. The summed E-state index contributed by atoms with van der Waals surface area (Å²) in [4.78, 5) is 29.3. The smallest absolute Gasteiger partial charge is 0.321 e. The minimum absolute atomic E-state index is 0.209. The lowest BCUT2D eigenvalue weighted by atomic mass is 10.0. The number of fused-ring (bicyclic) bond motifs is 1. The average Bonchev–Trinajstić information content (AvgIpc) is 3.16. The maximum absolute atomic E-state index is 11.9. The Morgan fingerprint density at radius 1 is 1.14 bits per heavy atom. The predicted molar refractivity (Wildman–Crippen MR) is 112 cm³/mol. The molecule has 0 aliphatic heterocycles. The van der Waals surface area contributed by atoms with Gasteiger partial charge in [0.15, 0.2) is 11.0 Å². The number of pyridine rings is 1. The van der Waals surface area contributed by atoms with Gasteiger partial charge in [0.25, 0.3) is 0 Å². The summed E-state index contributed by atoms with van der Waals surface area (Å²) in [5.41, 5.74) is 4.13. The van der Waals surface area contributed by atoms with Crippen LogP contribution in [-0.4, -0.2) is 37.6 Å². The fourth-order valence-corrected chi connectivity index (χ4v) is 3.82. The Labute approximate surface area is 170 Å². The number of nitrogens with zero attached hydrogens (tertiary/aromatic N) is 4. The van der Waals surface area contributed by atoms with Gasteiger partial charge in [0.2, 0.25) is 0 Å². The maximum atomic E-state index is 11.9. The molecule has 3 N–H and O–H groups in total. The maximum Gasteiger partial charge on any atom is 0.321 e. The highest BCUT2D eigenvalue weighted by molar-refractivity contribution is 7.22. The van der Waals surface area contributed by atoms with Crippen molar-refractivity contribution in [3.8, 4) is 22.4 Å². The van der Waals surface area contributed by atoms with Crippen LogP contribution >= 0.6 is 11.3 Å². The molecule has 29 heavy (non-hydrogen) atoms. The molecule has 0 spiro atoms. The number of hydrogen-bond acceptors (Lipinski definition) is 7. The Hall–Kier alpha value is -3.43. The van der Waals surface area contributed by atoms with Crippen molar-refractivity contribution in [2.45, 2.75) is 13.5 Å². The molecule has 9 heteroatoms. The lowest BCUT2D eigenvalue weighted by molar-refractivity contribution is 0.252. The summed E-state index contributed by atoms with van der Waals surface area (Å²) in [5.74, 6) is 0.363. The first-order chi connectivity index (χ1) is 14.2. The minimum Gasteiger partial charge on any atom is -0.388 e. The number of rotatable bonds is 5. The lowest BCUT2D eigenvalue weighted by Gasteiger charge is -2.07. The van der Waals surface area contributed by atoms with Gasteiger partial charge in [0.05, 0.1) is 15.9 Å². The van der Waals surface area contributed by atoms with Crippen molar-refractivity contribution >= 4 is 32.7 Å². The van der Waals surface area contributed by atoms with E-state index in [0.717, 1.165) is 32.6 Å². The van der Waals surface area contributed by atoms with Crippen LogP contribution in [-0.2, 0) is 6.61 Å². The molecule has 8 nitrogen and oxygen atoms in total. The monoisotopic (exact) mass is 406 g/mol. The van der Waals surface area contributed by atoms with Gasteiger partial charge in [-0.15, -0.1) is 0 Å². The first kappa shape index (κ1) is 18.9. The molecule has 146 valence electrons. The topological polar surface area (TPSA) is 113 Å². The van der Waals surface area contributed by atoms with Crippen LogP contribution in [0, 0.1) is 0 Å². The molecule has 3 aromatic heterocycles. The van der Waals surface area contributed by atoms with Crippen LogP contribution in [0.4, 0.5) is 9.93 Å². The highest BCUT2D eigenvalue weighted by Gasteiger charge is 2.15. The summed E-state index contributed by atoms with van der Waals surface area (Å²) in [7, 11) is 0. The van der Waals surface area contributed by atoms with Crippen LogP contribution in [0.1, 0.15) is 12.7 Å². The quantitative estimate of drug-likeness (QED) is 0.468. The number of carbonyl (C=O) groups excluding carboxylic acids is 1. The lowest BCUT2D eigenvalue weighted by Crippen LogP contribution is -2.28. The molecule has 0 aliphatic carbocycles. The second-order valence-electron chi connectivity index (χ2n) is 6.14. The summed E-state index contributed by atoms with van der Waals surface area (Å²) in [6.45, 7) is 2.18. The van der Waals surface area contributed by atoms with Gasteiger partial charge >= 0.3 is 6.03 Å². The summed E-state index contributed by atoms with van der Waals surface area (Å²) in [5, 5.41) is 15.1. The molecule has 0 saturated carbocycles. The number of urea groups is 1. The Morgan fingerprint density at radius 3 is 2.66 bits per heavy atom. The zero-order valence-corrected chi connectivity index (χ0v) is 16.4. The summed E-state index contributed by atoms with van der Waals surface area (Å²) in [6, 6.07) is 9.36. The Kier molecular flexibility index (Phi) is 5.41. The molecule has 0 aliphatic rings. The SMILES string of the molecule is CCNC(=O)Nc1nc2cc(-c3cnc(CO)nc3)cc(-c3ccccn3)c2s1. The number of aliphatic hydroxyl groups is 1. The number of hydrogen-bond donors (Lipinski definition) is 3. The van der Waals surface area contributed by atoms with Crippen molar-refractivity contribution in [1.29, 1.82) is 0 Å². The molecule has 0 fully saturated rings. The van der Waals surface area contributed by atoms with Crippen molar-refractivity contribution in [2.24, 2.45) is 0 Å². The second kappa shape index (κ2) is 8.29. The van der Waals surface area contributed by atoms with Gasteiger partial charge in [-0.05, 0) is 36.8 Å². The Morgan fingerprint density at radius 2 is 1.97 bits per heavy atom. The molecule has 4 rings (SSSR count). The van der Waals surface area contributed by atoms with E-state index in [2.05, 4.69) is 30.6 Å². The first-order valence-corrected chi connectivity index (χ1v) is 9.82. The van der Waals surface area contributed by atoms with E-state index in [4.69, 9.17) is 5.11 Å². The van der Waals surface area contributed by atoms with Gasteiger partial charge in [-0.2, -0.15) is 0 Å². The third kappa shape index (κ3) is 4.05. The van der Waals surface area contributed by atoms with Crippen molar-refractivity contribution < 1.29 is 9.90 Å². The zero-order valence-electron chi connectivity index (χ0n) is 15.6. The Balaban J connectivity index is 1.84. The van der Waals surface area contributed by atoms with Crippen LogP contribution in [0.25, 0.3) is 32.6 Å². The number of thiazole rings is 1. The highest BCUT2D eigenvalue weighted by atomic mass is 32.1. The molecule has 0 bridgehead atoms. The van der Waals surface area contributed by atoms with E-state index in [-0.39, 0.29) is 12.6 Å². The van der Waals surface area contributed by atoms with Crippen LogP contribution < -0.4 is 10.6 Å². The number of anilines is 1. The van der Waals surface area contributed by atoms with E-state index in [1.165, 1.54) is 11.3 Å². The number of aliphatic hydroxyl groups excluding tert-OH is 1. The van der Waals surface area contributed by atoms with E-state index in [9.17, 15) is 4.79 Å². The van der Waals surface area contributed by atoms with Crippen LogP contribution in [0.15, 0.2) is 48.9 Å². The number of nitrogens with one attached hydrogen (secondary N) is 2. The normalized spacial score (nSPS) is 10.8. The van der Waals surface area contributed by atoms with Gasteiger partial charge in [0.1, 0.15) is 6.61 Å². The fourth-order valence-electron chi connectivity index (χ4n) is 2.85. The van der Waals surface area contributed by atoms with Crippen LogP contribution in [0.5, 0.6) is 0 Å². The number of carbonyl (C=O) groups is 1. The van der Waals surface area contributed by atoms with E-state index < -0.39 is 0 Å². The van der Waals surface area contributed by atoms with Gasteiger partial charge in [0, 0.05) is 36.3 Å². The van der Waals surface area contributed by atoms with Gasteiger partial charge < -0.3 is 10.4 Å². The molecule has 4 aromatic rings. The Bertz CT molecular complexity index is 1150. The molecule has 0 unspecified atom stereocenters. The third-order valence-electron chi connectivity index (χ3n) is 4.17. The van der Waals surface area contributed by atoms with Crippen molar-refractivity contribution in [3.63, 3.8) is 0 Å². The van der Waals surface area contributed by atoms with Crippen molar-refractivity contribution in [2.75, 3.05) is 11.9 Å². The highest BCUT2D eigenvalue weighted by Crippen LogP contribution is 2.37.